The molecule has 1 aliphatic heterocycles. The van der Waals surface area contributed by atoms with Crippen LogP contribution in [0, 0.1) is 17.8 Å². The topological polar surface area (TPSA) is 46.1 Å². The molecule has 3 aliphatic rings. The zero-order valence-corrected chi connectivity index (χ0v) is 22.8. The minimum Gasteiger partial charge on any atom is -0.343 e. The van der Waals surface area contributed by atoms with Crippen LogP contribution in [-0.2, 0) is 11.2 Å². The fraction of sp³-hybridized carbons (Fsp3) is 0.606. The first-order valence-electron chi connectivity index (χ1n) is 15.1. The highest BCUT2D eigenvalue weighted by Crippen LogP contribution is 2.40. The van der Waals surface area contributed by atoms with Crippen LogP contribution in [0.5, 0.6) is 0 Å². The molecule has 2 aromatic rings. The SMILES string of the molecule is CCCC1CCCC(C2CC=C(c3cnc(-c4ccc(CCC(=O)N5CCCC5)cc4)nc3)CC2)CC1. The maximum atomic E-state index is 12.3. The second-order valence-electron chi connectivity index (χ2n) is 11.8. The molecule has 4 nitrogen and oxygen atoms in total. The van der Waals surface area contributed by atoms with Crippen LogP contribution in [0.15, 0.2) is 42.7 Å². The van der Waals surface area contributed by atoms with Gasteiger partial charge in [0.05, 0.1) is 0 Å². The van der Waals surface area contributed by atoms with Crippen molar-refractivity contribution in [2.75, 3.05) is 13.1 Å². The van der Waals surface area contributed by atoms with Gasteiger partial charge in [-0.25, -0.2) is 9.97 Å². The maximum absolute atomic E-state index is 12.3. The fourth-order valence-electron chi connectivity index (χ4n) is 6.96. The van der Waals surface area contributed by atoms with Crippen LogP contribution >= 0.6 is 0 Å². The highest BCUT2D eigenvalue weighted by atomic mass is 16.2. The van der Waals surface area contributed by atoms with Gasteiger partial charge in [-0.15, -0.1) is 0 Å². The molecular formula is C33H45N3O. The molecule has 3 atom stereocenters. The van der Waals surface area contributed by atoms with Gasteiger partial charge in [0, 0.05) is 43.0 Å². The Morgan fingerprint density at radius 1 is 0.892 bits per heavy atom. The van der Waals surface area contributed by atoms with Gasteiger partial charge in [0.2, 0.25) is 5.91 Å². The molecule has 0 spiro atoms. The molecule has 37 heavy (non-hydrogen) atoms. The first kappa shape index (κ1) is 26.1. The summed E-state index contributed by atoms with van der Waals surface area (Å²) in [5.74, 6) is 3.85. The lowest BCUT2D eigenvalue weighted by Gasteiger charge is -2.29. The second kappa shape index (κ2) is 12.8. The number of allylic oxidation sites excluding steroid dienone is 2. The summed E-state index contributed by atoms with van der Waals surface area (Å²) in [6.45, 7) is 4.20. The Kier molecular flexibility index (Phi) is 9.07. The van der Waals surface area contributed by atoms with Gasteiger partial charge in [-0.05, 0) is 73.8 Å². The minimum atomic E-state index is 0.290. The lowest BCUT2D eigenvalue weighted by Crippen LogP contribution is -2.27. The van der Waals surface area contributed by atoms with Crippen LogP contribution in [0.2, 0.25) is 0 Å². The van der Waals surface area contributed by atoms with E-state index in [0.29, 0.717) is 12.3 Å². The molecule has 1 aromatic carbocycles. The van der Waals surface area contributed by atoms with Crippen LogP contribution in [0.4, 0.5) is 0 Å². The average molecular weight is 500 g/mol. The number of aromatic nitrogens is 2. The van der Waals surface area contributed by atoms with E-state index >= 15 is 0 Å². The average Bonchev–Trinajstić information content (AvgIpc) is 3.40. The molecule has 0 bridgehead atoms. The van der Waals surface area contributed by atoms with E-state index in [1.165, 1.54) is 74.5 Å². The Bertz CT molecular complexity index is 1040. The molecule has 1 saturated carbocycles. The molecule has 1 aromatic heterocycles. The third kappa shape index (κ3) is 6.89. The normalized spacial score (nSPS) is 24.5. The van der Waals surface area contributed by atoms with Gasteiger partial charge in [-0.3, -0.25) is 4.79 Å². The van der Waals surface area contributed by atoms with Crippen LogP contribution in [0.25, 0.3) is 17.0 Å². The molecule has 0 radical (unpaired) electrons. The molecule has 1 amide bonds. The lowest BCUT2D eigenvalue weighted by molar-refractivity contribution is -0.130. The van der Waals surface area contributed by atoms with Gasteiger partial charge in [0.15, 0.2) is 5.82 Å². The number of carbonyl (C=O) groups is 1. The molecule has 1 saturated heterocycles. The van der Waals surface area contributed by atoms with Gasteiger partial charge in [0.25, 0.3) is 0 Å². The van der Waals surface area contributed by atoms with Crippen molar-refractivity contribution in [3.05, 3.63) is 53.9 Å². The predicted octanol–water partition coefficient (Wildman–Crippen LogP) is 7.88. The molecular weight excluding hydrogens is 454 g/mol. The number of carbonyl (C=O) groups excluding carboxylic acids is 1. The monoisotopic (exact) mass is 499 g/mol. The van der Waals surface area contributed by atoms with Crippen molar-refractivity contribution in [1.82, 2.24) is 14.9 Å². The van der Waals surface area contributed by atoms with E-state index < -0.39 is 0 Å². The van der Waals surface area contributed by atoms with E-state index in [-0.39, 0.29) is 0 Å². The first-order valence-corrected chi connectivity index (χ1v) is 15.1. The molecule has 3 unspecified atom stereocenters. The Hall–Kier alpha value is -2.49. The molecule has 4 heteroatoms. The highest BCUT2D eigenvalue weighted by molar-refractivity contribution is 5.76. The van der Waals surface area contributed by atoms with E-state index in [4.69, 9.17) is 9.97 Å². The number of nitrogens with zero attached hydrogens (tertiary/aromatic N) is 3. The van der Waals surface area contributed by atoms with Gasteiger partial charge in [-0.1, -0.05) is 75.8 Å². The van der Waals surface area contributed by atoms with E-state index in [2.05, 4.69) is 37.3 Å². The summed E-state index contributed by atoms with van der Waals surface area (Å²) in [5, 5.41) is 0. The van der Waals surface area contributed by atoms with E-state index in [0.717, 1.165) is 67.9 Å². The zero-order valence-electron chi connectivity index (χ0n) is 22.8. The molecule has 2 fully saturated rings. The number of amides is 1. The Labute approximate surface area is 224 Å². The van der Waals surface area contributed by atoms with Crippen LogP contribution in [-0.4, -0.2) is 33.9 Å². The number of likely N-dealkylation sites (tertiary alicyclic amines) is 1. The molecule has 5 rings (SSSR count). The number of benzene rings is 1. The van der Waals surface area contributed by atoms with Crippen LogP contribution < -0.4 is 0 Å². The predicted molar refractivity (Wildman–Crippen MR) is 152 cm³/mol. The standard InChI is InChI=1S/C33H45N3O/c1-2-6-25-7-5-8-27(13-9-25)28-16-18-29(19-17-28)31-23-34-33(35-24-31)30-14-10-26(11-15-30)12-20-32(37)36-21-3-4-22-36/h10-11,14-15,18,23-25,27-28H,2-9,12-13,16-17,19-22H2,1H3. The Morgan fingerprint density at radius 2 is 1.68 bits per heavy atom. The van der Waals surface area contributed by atoms with E-state index in [1.54, 1.807) is 0 Å². The van der Waals surface area contributed by atoms with Crippen LogP contribution in [0.1, 0.15) is 102 Å². The first-order chi connectivity index (χ1) is 18.2. The summed E-state index contributed by atoms with van der Waals surface area (Å²) in [5.41, 5.74) is 4.85. The van der Waals surface area contributed by atoms with Gasteiger partial charge in [0.1, 0.15) is 0 Å². The highest BCUT2D eigenvalue weighted by Gasteiger charge is 2.27. The van der Waals surface area contributed by atoms with Crippen molar-refractivity contribution in [2.24, 2.45) is 17.8 Å². The van der Waals surface area contributed by atoms with Gasteiger partial charge >= 0.3 is 0 Å². The van der Waals surface area contributed by atoms with Crippen molar-refractivity contribution in [3.8, 4) is 11.4 Å². The molecule has 2 aliphatic carbocycles. The maximum Gasteiger partial charge on any atom is 0.222 e. The summed E-state index contributed by atoms with van der Waals surface area (Å²) in [6, 6.07) is 8.41. The largest absolute Gasteiger partial charge is 0.343 e. The smallest absolute Gasteiger partial charge is 0.222 e. The summed E-state index contributed by atoms with van der Waals surface area (Å²) < 4.78 is 0. The summed E-state index contributed by atoms with van der Waals surface area (Å²) in [6.07, 6.45) is 23.9. The van der Waals surface area contributed by atoms with E-state index in [1.807, 2.05) is 17.3 Å². The molecule has 2 heterocycles. The summed E-state index contributed by atoms with van der Waals surface area (Å²) in [4.78, 5) is 23.8. The van der Waals surface area contributed by atoms with Gasteiger partial charge in [-0.2, -0.15) is 0 Å². The number of hydrogen-bond acceptors (Lipinski definition) is 3. The van der Waals surface area contributed by atoms with Crippen LogP contribution in [0.3, 0.4) is 0 Å². The second-order valence-corrected chi connectivity index (χ2v) is 11.8. The zero-order chi connectivity index (χ0) is 25.5. The van der Waals surface area contributed by atoms with Crippen molar-refractivity contribution in [1.29, 1.82) is 0 Å². The molecule has 0 N–H and O–H groups in total. The van der Waals surface area contributed by atoms with Gasteiger partial charge < -0.3 is 4.90 Å². The van der Waals surface area contributed by atoms with Crippen molar-refractivity contribution in [2.45, 2.75) is 96.8 Å². The number of rotatable bonds is 8. The lowest BCUT2D eigenvalue weighted by atomic mass is 9.76. The minimum absolute atomic E-state index is 0.290. The molecule has 198 valence electrons. The number of hydrogen-bond donors (Lipinski definition) is 0. The number of aryl methyl sites for hydroxylation is 1. The fourth-order valence-corrected chi connectivity index (χ4v) is 6.96. The quantitative estimate of drug-likeness (QED) is 0.347. The van der Waals surface area contributed by atoms with Crippen molar-refractivity contribution < 1.29 is 4.79 Å². The summed E-state index contributed by atoms with van der Waals surface area (Å²) in [7, 11) is 0. The van der Waals surface area contributed by atoms with Crippen molar-refractivity contribution >= 4 is 11.5 Å². The Morgan fingerprint density at radius 3 is 2.38 bits per heavy atom. The van der Waals surface area contributed by atoms with Crippen molar-refractivity contribution in [3.63, 3.8) is 0 Å². The third-order valence-corrected chi connectivity index (χ3v) is 9.27. The van der Waals surface area contributed by atoms with E-state index in [9.17, 15) is 4.79 Å². The third-order valence-electron chi connectivity index (χ3n) is 9.27. The Balaban J connectivity index is 1.13. The summed E-state index contributed by atoms with van der Waals surface area (Å²) >= 11 is 0.